The van der Waals surface area contributed by atoms with Crippen LogP contribution < -0.4 is 0 Å². The SMILES string of the molecule is O=C(O)C(F)(F)C(=O)OP(=O)(OC(=O)C(F)(F)C(=O)O)OC(=O)C(F)(F)C(=O)O.[LiH]. The van der Waals surface area contributed by atoms with Crippen LogP contribution in [0.4, 0.5) is 26.3 Å². The van der Waals surface area contributed by atoms with E-state index in [0.29, 0.717) is 0 Å². The second-order valence-electron chi connectivity index (χ2n) is 4.22. The van der Waals surface area contributed by atoms with E-state index in [1.807, 2.05) is 0 Å². The molecule has 0 saturated heterocycles. The number of aliphatic carboxylic acids is 3. The number of rotatable bonds is 9. The Hall–Kier alpha value is -2.77. The topological polar surface area (TPSA) is 208 Å². The van der Waals surface area contributed by atoms with Crippen LogP contribution in [-0.2, 0) is 46.9 Å². The third-order valence-corrected chi connectivity index (χ3v) is 3.33. The fourth-order valence-corrected chi connectivity index (χ4v) is 1.86. The number of carboxylic acids is 3. The van der Waals surface area contributed by atoms with Crippen molar-refractivity contribution >= 4 is 62.5 Å². The molecule has 0 spiro atoms. The Morgan fingerprint density at radius 2 is 0.733 bits per heavy atom. The number of hydrogen-bond acceptors (Lipinski definition) is 10. The molecule has 0 radical (unpaired) electrons. The maximum atomic E-state index is 12.9. The fourth-order valence-electron chi connectivity index (χ4n) is 0.794. The van der Waals surface area contributed by atoms with Crippen LogP contribution >= 0.6 is 7.82 Å². The maximum absolute atomic E-state index is 12.9. The third kappa shape index (κ3) is 6.37. The van der Waals surface area contributed by atoms with Crippen molar-refractivity contribution in [1.29, 1.82) is 0 Å². The van der Waals surface area contributed by atoms with Gasteiger partial charge >= 0.3 is 80.3 Å². The van der Waals surface area contributed by atoms with Gasteiger partial charge in [0, 0.05) is 0 Å². The normalized spacial score (nSPS) is 12.1. The number of hydrogen-bond donors (Lipinski definition) is 3. The van der Waals surface area contributed by atoms with E-state index in [1.165, 1.54) is 0 Å². The molecule has 0 aliphatic rings. The molecule has 0 heterocycles. The van der Waals surface area contributed by atoms with E-state index in [-0.39, 0.29) is 18.9 Å². The van der Waals surface area contributed by atoms with Crippen molar-refractivity contribution < 1.29 is 88.6 Å². The molecule has 166 valence electrons. The Kier molecular flexibility index (Phi) is 9.18. The molecule has 0 saturated carbocycles. The van der Waals surface area contributed by atoms with Crippen molar-refractivity contribution in [3.05, 3.63) is 0 Å². The summed E-state index contributed by atoms with van der Waals surface area (Å²) < 4.78 is 97.9. The van der Waals surface area contributed by atoms with Crippen LogP contribution in [0.5, 0.6) is 0 Å². The number of carbonyl (C=O) groups is 6. The number of alkyl halides is 6. The first kappa shape index (κ1) is 29.4. The molecule has 0 aliphatic heterocycles. The van der Waals surface area contributed by atoms with Gasteiger partial charge in [0.05, 0.1) is 0 Å². The molecule has 30 heavy (non-hydrogen) atoms. The number of phosphoric ester groups is 1. The van der Waals surface area contributed by atoms with Gasteiger partial charge in [-0.25, -0.2) is 28.8 Å². The molecule has 0 atom stereocenters. The summed E-state index contributed by atoms with van der Waals surface area (Å²) >= 11 is 0. The first-order valence-electron chi connectivity index (χ1n) is 5.87. The number of carbonyl (C=O) groups excluding carboxylic acids is 3. The van der Waals surface area contributed by atoms with E-state index in [9.17, 15) is 59.7 Å². The predicted octanol–water partition coefficient (Wildman–Crippen LogP) is -0.765. The molecule has 0 amide bonds. The molecule has 0 aromatic carbocycles. The zero-order valence-corrected chi connectivity index (χ0v) is 13.5. The summed E-state index contributed by atoms with van der Waals surface area (Å²) in [4.78, 5) is 63.2. The molecule has 3 N–H and O–H groups in total. The molecule has 13 nitrogen and oxygen atoms in total. The van der Waals surface area contributed by atoms with Crippen LogP contribution in [0.15, 0.2) is 0 Å². The van der Waals surface area contributed by atoms with Crippen LogP contribution in [0.3, 0.4) is 0 Å². The van der Waals surface area contributed by atoms with Gasteiger partial charge in [0.2, 0.25) is 0 Å². The Balaban J connectivity index is 0. The number of phosphoric acid groups is 1. The molecule has 0 fully saturated rings. The van der Waals surface area contributed by atoms with E-state index >= 15 is 0 Å². The first-order valence-corrected chi connectivity index (χ1v) is 7.33. The molecule has 0 bridgehead atoms. The summed E-state index contributed by atoms with van der Waals surface area (Å²) in [5.74, 6) is -38.1. The van der Waals surface area contributed by atoms with Crippen LogP contribution in [0.1, 0.15) is 0 Å². The molecular formula is C9H4F6LiO13P. The van der Waals surface area contributed by atoms with Crippen LogP contribution in [0.25, 0.3) is 0 Å². The second-order valence-corrected chi connectivity index (χ2v) is 5.66. The van der Waals surface area contributed by atoms with Crippen LogP contribution in [0.2, 0.25) is 0 Å². The summed E-state index contributed by atoms with van der Waals surface area (Å²) in [5.41, 5.74) is 0. The monoisotopic (exact) mass is 472 g/mol. The number of carboxylic acid groups (broad SMARTS) is 3. The van der Waals surface area contributed by atoms with Crippen molar-refractivity contribution in [2.45, 2.75) is 17.8 Å². The molecule has 0 aliphatic carbocycles. The van der Waals surface area contributed by atoms with Gasteiger partial charge in [-0.05, 0) is 0 Å². The van der Waals surface area contributed by atoms with Gasteiger partial charge in [0.25, 0.3) is 0 Å². The average Bonchev–Trinajstić information content (AvgIpc) is 2.53. The summed E-state index contributed by atoms with van der Waals surface area (Å²) in [6, 6.07) is 0. The molecule has 21 heteroatoms. The molecule has 0 unspecified atom stereocenters. The third-order valence-electron chi connectivity index (χ3n) is 2.16. The Morgan fingerprint density at radius 1 is 0.567 bits per heavy atom. The van der Waals surface area contributed by atoms with Crippen LogP contribution in [0, 0.1) is 0 Å². The summed E-state index contributed by atoms with van der Waals surface area (Å²) in [6.07, 6.45) is 0. The Bertz CT molecular complexity index is 721. The van der Waals surface area contributed by atoms with Gasteiger partial charge in [-0.15, -0.1) is 0 Å². The van der Waals surface area contributed by atoms with Gasteiger partial charge < -0.3 is 28.9 Å². The fraction of sp³-hybridized carbons (Fsp3) is 0.333. The predicted molar refractivity (Wildman–Crippen MR) is 70.8 cm³/mol. The van der Waals surface area contributed by atoms with Crippen molar-refractivity contribution in [2.24, 2.45) is 0 Å². The Morgan fingerprint density at radius 3 is 0.867 bits per heavy atom. The minimum absolute atomic E-state index is 0. The van der Waals surface area contributed by atoms with Gasteiger partial charge in [0.1, 0.15) is 0 Å². The van der Waals surface area contributed by atoms with Crippen molar-refractivity contribution in [1.82, 2.24) is 0 Å². The second kappa shape index (κ2) is 9.36. The summed E-state index contributed by atoms with van der Waals surface area (Å²) in [6.45, 7) is 0. The Labute approximate surface area is 169 Å². The van der Waals surface area contributed by atoms with E-state index in [1.54, 1.807) is 0 Å². The molecule has 0 aromatic heterocycles. The van der Waals surface area contributed by atoms with Gasteiger partial charge in [-0.1, -0.05) is 0 Å². The van der Waals surface area contributed by atoms with E-state index in [4.69, 9.17) is 15.3 Å². The van der Waals surface area contributed by atoms with Gasteiger partial charge in [-0.3, -0.25) is 0 Å². The molecule has 0 rings (SSSR count). The van der Waals surface area contributed by atoms with Crippen molar-refractivity contribution in [3.63, 3.8) is 0 Å². The van der Waals surface area contributed by atoms with Crippen LogP contribution in [-0.4, -0.2) is 87.8 Å². The first-order chi connectivity index (χ1) is 12.7. The minimum atomic E-state index is -7.07. The van der Waals surface area contributed by atoms with E-state index < -0.39 is 61.4 Å². The zero-order chi connectivity index (χ0) is 23.6. The van der Waals surface area contributed by atoms with Crippen molar-refractivity contribution in [3.8, 4) is 0 Å². The summed E-state index contributed by atoms with van der Waals surface area (Å²) in [7, 11) is -7.07. The molecule has 0 aromatic rings. The molecular weight excluding hydrogens is 468 g/mol. The van der Waals surface area contributed by atoms with Gasteiger partial charge in [0.15, 0.2) is 0 Å². The van der Waals surface area contributed by atoms with E-state index in [0.717, 1.165) is 0 Å². The quantitative estimate of drug-likeness (QED) is 0.163. The van der Waals surface area contributed by atoms with Gasteiger partial charge in [-0.2, -0.15) is 30.9 Å². The van der Waals surface area contributed by atoms with Crippen molar-refractivity contribution in [2.75, 3.05) is 0 Å². The number of halogens is 6. The standard InChI is InChI=1S/C9H3F6O13P.Li.H/c10-7(11,1(16)17)4(22)26-29(25,27-5(23)8(12,13)2(18)19)28-6(24)9(14,15)3(20)21;;/h(H,16,17)(H,18,19)(H,20,21);;. The zero-order valence-electron chi connectivity index (χ0n) is 12.6. The average molecular weight is 472 g/mol. The summed E-state index contributed by atoms with van der Waals surface area (Å²) in [5, 5.41) is 24.1. The van der Waals surface area contributed by atoms with E-state index in [2.05, 4.69) is 13.6 Å².